The van der Waals surface area contributed by atoms with Crippen LogP contribution in [0.4, 0.5) is 4.79 Å². The highest BCUT2D eigenvalue weighted by Crippen LogP contribution is 2.15. The van der Waals surface area contributed by atoms with Crippen molar-refractivity contribution in [3.8, 4) is 0 Å². The van der Waals surface area contributed by atoms with Gasteiger partial charge in [0.05, 0.1) is 0 Å². The van der Waals surface area contributed by atoms with Gasteiger partial charge in [-0.25, -0.2) is 4.79 Å². The lowest BCUT2D eigenvalue weighted by molar-refractivity contribution is 0.0101. The zero-order valence-electron chi connectivity index (χ0n) is 13.9. The van der Waals surface area contributed by atoms with E-state index in [0.717, 1.165) is 32.6 Å². The SMILES string of the molecule is CC(C)N(C)CCC1CNCCN1C(=O)OC(C)(C)C. The molecule has 0 bridgehead atoms. The van der Waals surface area contributed by atoms with Gasteiger partial charge in [-0.3, -0.25) is 0 Å². The van der Waals surface area contributed by atoms with Crippen LogP contribution in [-0.2, 0) is 4.74 Å². The Hall–Kier alpha value is -0.810. The number of carbonyl (C=O) groups excluding carboxylic acids is 1. The number of ether oxygens (including phenoxy) is 1. The summed E-state index contributed by atoms with van der Waals surface area (Å²) in [6, 6.07) is 0.751. The molecule has 118 valence electrons. The maximum atomic E-state index is 12.3. The Morgan fingerprint density at radius 3 is 2.65 bits per heavy atom. The Kier molecular flexibility index (Phi) is 6.27. The Morgan fingerprint density at radius 1 is 1.45 bits per heavy atom. The maximum Gasteiger partial charge on any atom is 0.410 e. The monoisotopic (exact) mass is 285 g/mol. The third-order valence-corrected chi connectivity index (χ3v) is 3.67. The number of amides is 1. The molecule has 1 atom stereocenters. The Balaban J connectivity index is 2.55. The topological polar surface area (TPSA) is 44.8 Å². The first-order valence-corrected chi connectivity index (χ1v) is 7.61. The second kappa shape index (κ2) is 7.27. The quantitative estimate of drug-likeness (QED) is 0.857. The molecule has 1 unspecified atom stereocenters. The van der Waals surface area contributed by atoms with E-state index in [2.05, 4.69) is 31.1 Å². The Bertz CT molecular complexity index is 313. The Morgan fingerprint density at radius 2 is 2.10 bits per heavy atom. The van der Waals surface area contributed by atoms with Gasteiger partial charge in [0.1, 0.15) is 5.60 Å². The summed E-state index contributed by atoms with van der Waals surface area (Å²) in [5.41, 5.74) is -0.429. The number of piperazine rings is 1. The van der Waals surface area contributed by atoms with Crippen molar-refractivity contribution in [2.45, 2.75) is 58.7 Å². The molecule has 0 aliphatic carbocycles. The van der Waals surface area contributed by atoms with Crippen molar-refractivity contribution in [3.63, 3.8) is 0 Å². The summed E-state index contributed by atoms with van der Waals surface area (Å²) in [5.74, 6) is 0. The number of carbonyl (C=O) groups is 1. The van der Waals surface area contributed by atoms with Crippen LogP contribution in [0.25, 0.3) is 0 Å². The summed E-state index contributed by atoms with van der Waals surface area (Å²) in [5, 5.41) is 3.37. The summed E-state index contributed by atoms with van der Waals surface area (Å²) in [7, 11) is 2.12. The molecule has 1 aliphatic heterocycles. The lowest BCUT2D eigenvalue weighted by atomic mass is 10.1. The van der Waals surface area contributed by atoms with Crippen molar-refractivity contribution < 1.29 is 9.53 Å². The molecule has 1 saturated heterocycles. The molecule has 0 aromatic heterocycles. The molecule has 1 rings (SSSR count). The number of rotatable bonds is 4. The van der Waals surface area contributed by atoms with Gasteiger partial charge < -0.3 is 19.9 Å². The zero-order valence-corrected chi connectivity index (χ0v) is 13.9. The summed E-state index contributed by atoms with van der Waals surface area (Å²) in [6.07, 6.45) is 0.789. The molecule has 5 nitrogen and oxygen atoms in total. The van der Waals surface area contributed by atoms with Gasteiger partial charge in [0.2, 0.25) is 0 Å². The number of hydrogen-bond acceptors (Lipinski definition) is 4. The zero-order chi connectivity index (χ0) is 15.3. The standard InChI is InChI=1S/C15H31N3O2/c1-12(2)17(6)9-7-13-11-16-8-10-18(13)14(19)20-15(3,4)5/h12-13,16H,7-11H2,1-6H3. The predicted octanol–water partition coefficient (Wildman–Crippen LogP) is 1.93. The van der Waals surface area contributed by atoms with Gasteiger partial charge in [-0.2, -0.15) is 0 Å². The summed E-state index contributed by atoms with van der Waals surface area (Å²) in [4.78, 5) is 16.5. The van der Waals surface area contributed by atoms with Gasteiger partial charge in [-0.05, 0) is 48.1 Å². The van der Waals surface area contributed by atoms with E-state index in [1.165, 1.54) is 0 Å². The molecule has 0 aromatic carbocycles. The van der Waals surface area contributed by atoms with Crippen LogP contribution >= 0.6 is 0 Å². The summed E-state index contributed by atoms with van der Waals surface area (Å²) in [6.45, 7) is 13.5. The average molecular weight is 285 g/mol. The fourth-order valence-electron chi connectivity index (χ4n) is 2.19. The van der Waals surface area contributed by atoms with Crippen molar-refractivity contribution in [2.24, 2.45) is 0 Å². The third-order valence-electron chi connectivity index (χ3n) is 3.67. The van der Waals surface area contributed by atoms with Crippen LogP contribution in [0.15, 0.2) is 0 Å². The number of hydrogen-bond donors (Lipinski definition) is 1. The largest absolute Gasteiger partial charge is 0.444 e. The van der Waals surface area contributed by atoms with Gasteiger partial charge in [0.15, 0.2) is 0 Å². The van der Waals surface area contributed by atoms with Crippen LogP contribution < -0.4 is 5.32 Å². The van der Waals surface area contributed by atoms with E-state index in [-0.39, 0.29) is 12.1 Å². The molecule has 1 heterocycles. The van der Waals surface area contributed by atoms with Gasteiger partial charge >= 0.3 is 6.09 Å². The maximum absolute atomic E-state index is 12.3. The first-order chi connectivity index (χ1) is 9.20. The van der Waals surface area contributed by atoms with E-state index in [1.54, 1.807) is 0 Å². The minimum Gasteiger partial charge on any atom is -0.444 e. The van der Waals surface area contributed by atoms with Gasteiger partial charge in [0, 0.05) is 38.3 Å². The van der Waals surface area contributed by atoms with Gasteiger partial charge in [-0.15, -0.1) is 0 Å². The van der Waals surface area contributed by atoms with Crippen LogP contribution in [0.3, 0.4) is 0 Å². The fraction of sp³-hybridized carbons (Fsp3) is 0.933. The van der Waals surface area contributed by atoms with E-state index in [1.807, 2.05) is 25.7 Å². The van der Waals surface area contributed by atoms with Crippen molar-refractivity contribution >= 4 is 6.09 Å². The first-order valence-electron chi connectivity index (χ1n) is 7.61. The van der Waals surface area contributed by atoms with E-state index < -0.39 is 5.60 Å². The highest BCUT2D eigenvalue weighted by molar-refractivity contribution is 5.68. The molecule has 5 heteroatoms. The van der Waals surface area contributed by atoms with Crippen molar-refractivity contribution in [1.29, 1.82) is 0 Å². The number of nitrogens with one attached hydrogen (secondary N) is 1. The van der Waals surface area contributed by atoms with E-state index >= 15 is 0 Å². The molecule has 1 N–H and O–H groups in total. The first kappa shape index (κ1) is 17.2. The molecule has 1 fully saturated rings. The molecule has 1 amide bonds. The van der Waals surface area contributed by atoms with Crippen LogP contribution in [-0.4, -0.2) is 66.8 Å². The molecular formula is C15H31N3O2. The molecule has 1 aliphatic rings. The van der Waals surface area contributed by atoms with Crippen LogP contribution in [0, 0.1) is 0 Å². The summed E-state index contributed by atoms with van der Waals surface area (Å²) >= 11 is 0. The van der Waals surface area contributed by atoms with Crippen LogP contribution in [0.1, 0.15) is 41.0 Å². The highest BCUT2D eigenvalue weighted by atomic mass is 16.6. The highest BCUT2D eigenvalue weighted by Gasteiger charge is 2.30. The normalized spacial score (nSPS) is 20.6. The molecule has 0 saturated carbocycles. The van der Waals surface area contributed by atoms with Crippen molar-refractivity contribution in [1.82, 2.24) is 15.1 Å². The van der Waals surface area contributed by atoms with Crippen LogP contribution in [0.5, 0.6) is 0 Å². The lowest BCUT2D eigenvalue weighted by Gasteiger charge is -2.38. The predicted molar refractivity (Wildman–Crippen MR) is 82.0 cm³/mol. The second-order valence-corrected chi connectivity index (χ2v) is 6.89. The van der Waals surface area contributed by atoms with Crippen molar-refractivity contribution in [2.75, 3.05) is 33.2 Å². The molecular weight excluding hydrogens is 254 g/mol. The number of nitrogens with zero attached hydrogens (tertiary/aromatic N) is 2. The smallest absolute Gasteiger partial charge is 0.410 e. The van der Waals surface area contributed by atoms with E-state index in [9.17, 15) is 4.79 Å². The minimum atomic E-state index is -0.429. The Labute approximate surface area is 123 Å². The van der Waals surface area contributed by atoms with Crippen molar-refractivity contribution in [3.05, 3.63) is 0 Å². The third kappa shape index (κ3) is 5.67. The summed E-state index contributed by atoms with van der Waals surface area (Å²) < 4.78 is 5.51. The fourth-order valence-corrected chi connectivity index (χ4v) is 2.19. The molecule has 20 heavy (non-hydrogen) atoms. The average Bonchev–Trinajstić information content (AvgIpc) is 2.34. The van der Waals surface area contributed by atoms with Gasteiger partial charge in [-0.1, -0.05) is 0 Å². The molecule has 0 aromatic rings. The van der Waals surface area contributed by atoms with E-state index in [0.29, 0.717) is 6.04 Å². The molecule has 0 spiro atoms. The minimum absolute atomic E-state index is 0.184. The second-order valence-electron chi connectivity index (χ2n) is 6.89. The lowest BCUT2D eigenvalue weighted by Crippen LogP contribution is -2.55. The molecule has 0 radical (unpaired) electrons. The van der Waals surface area contributed by atoms with Crippen LogP contribution in [0.2, 0.25) is 0 Å². The van der Waals surface area contributed by atoms with E-state index in [4.69, 9.17) is 4.74 Å². The van der Waals surface area contributed by atoms with Gasteiger partial charge in [0.25, 0.3) is 0 Å².